The van der Waals surface area contributed by atoms with Crippen molar-refractivity contribution in [1.29, 1.82) is 0 Å². The van der Waals surface area contributed by atoms with Crippen LogP contribution in [-0.2, 0) is 0 Å². The van der Waals surface area contributed by atoms with Crippen LogP contribution in [0.2, 0.25) is 0 Å². The SMILES string of the molecule is CCN(CC)c1ccc(C=Nc2ccccc2)cc1. The molecule has 0 aliphatic carbocycles. The van der Waals surface area contributed by atoms with E-state index in [4.69, 9.17) is 0 Å². The van der Waals surface area contributed by atoms with Gasteiger partial charge < -0.3 is 4.90 Å². The van der Waals surface area contributed by atoms with Crippen LogP contribution < -0.4 is 4.90 Å². The van der Waals surface area contributed by atoms with E-state index in [9.17, 15) is 0 Å². The van der Waals surface area contributed by atoms with Gasteiger partial charge in [-0.05, 0) is 43.7 Å². The normalized spacial score (nSPS) is 10.8. The zero-order valence-corrected chi connectivity index (χ0v) is 11.6. The number of rotatable bonds is 5. The highest BCUT2D eigenvalue weighted by Crippen LogP contribution is 2.15. The van der Waals surface area contributed by atoms with Gasteiger partial charge in [-0.15, -0.1) is 0 Å². The molecule has 0 heterocycles. The Balaban J connectivity index is 2.09. The van der Waals surface area contributed by atoms with Gasteiger partial charge in [0.05, 0.1) is 5.69 Å². The van der Waals surface area contributed by atoms with Crippen LogP contribution in [0.3, 0.4) is 0 Å². The van der Waals surface area contributed by atoms with Crippen LogP contribution in [0.4, 0.5) is 11.4 Å². The molecule has 2 rings (SSSR count). The molecule has 0 amide bonds. The van der Waals surface area contributed by atoms with E-state index in [0.717, 1.165) is 24.3 Å². The van der Waals surface area contributed by atoms with Gasteiger partial charge in [-0.3, -0.25) is 4.99 Å². The molecule has 0 saturated heterocycles. The molecular weight excluding hydrogens is 232 g/mol. The molecule has 2 nitrogen and oxygen atoms in total. The summed E-state index contributed by atoms with van der Waals surface area (Å²) in [5.74, 6) is 0. The van der Waals surface area contributed by atoms with Gasteiger partial charge in [0.2, 0.25) is 0 Å². The van der Waals surface area contributed by atoms with Gasteiger partial charge in [0.1, 0.15) is 0 Å². The minimum Gasteiger partial charge on any atom is -0.372 e. The van der Waals surface area contributed by atoms with Crippen LogP contribution in [0.15, 0.2) is 59.6 Å². The van der Waals surface area contributed by atoms with E-state index < -0.39 is 0 Å². The summed E-state index contributed by atoms with van der Waals surface area (Å²) in [5.41, 5.74) is 3.37. The molecule has 0 saturated carbocycles. The Morgan fingerprint density at radius 1 is 0.895 bits per heavy atom. The van der Waals surface area contributed by atoms with Gasteiger partial charge in [-0.1, -0.05) is 30.3 Å². The first kappa shape index (κ1) is 13.3. The summed E-state index contributed by atoms with van der Waals surface area (Å²) in [5, 5.41) is 0. The summed E-state index contributed by atoms with van der Waals surface area (Å²) in [6.07, 6.45) is 1.90. The Morgan fingerprint density at radius 2 is 1.53 bits per heavy atom. The molecule has 0 atom stereocenters. The number of benzene rings is 2. The van der Waals surface area contributed by atoms with Crippen molar-refractivity contribution >= 4 is 17.6 Å². The first-order valence-electron chi connectivity index (χ1n) is 6.77. The predicted octanol–water partition coefficient (Wildman–Crippen LogP) is 4.28. The summed E-state index contributed by atoms with van der Waals surface area (Å²) in [7, 11) is 0. The Bertz CT molecular complexity index is 511. The van der Waals surface area contributed by atoms with Crippen molar-refractivity contribution in [3.63, 3.8) is 0 Å². The van der Waals surface area contributed by atoms with E-state index in [1.807, 2.05) is 36.5 Å². The largest absolute Gasteiger partial charge is 0.372 e. The molecular formula is C17H20N2. The summed E-state index contributed by atoms with van der Waals surface area (Å²) in [4.78, 5) is 6.78. The van der Waals surface area contributed by atoms with Crippen molar-refractivity contribution in [1.82, 2.24) is 0 Å². The van der Waals surface area contributed by atoms with Crippen LogP contribution >= 0.6 is 0 Å². The zero-order valence-electron chi connectivity index (χ0n) is 11.6. The summed E-state index contributed by atoms with van der Waals surface area (Å²) < 4.78 is 0. The van der Waals surface area contributed by atoms with Crippen LogP contribution in [0, 0.1) is 0 Å². The third kappa shape index (κ3) is 3.68. The lowest BCUT2D eigenvalue weighted by Crippen LogP contribution is -2.21. The fraction of sp³-hybridized carbons (Fsp3) is 0.235. The van der Waals surface area contributed by atoms with E-state index in [1.54, 1.807) is 0 Å². The average molecular weight is 252 g/mol. The minimum absolute atomic E-state index is 0.982. The lowest BCUT2D eigenvalue weighted by molar-refractivity contribution is 0.866. The van der Waals surface area contributed by atoms with E-state index >= 15 is 0 Å². The third-order valence-electron chi connectivity index (χ3n) is 3.14. The van der Waals surface area contributed by atoms with E-state index in [0.29, 0.717) is 0 Å². The van der Waals surface area contributed by atoms with Gasteiger partial charge in [0.15, 0.2) is 0 Å². The van der Waals surface area contributed by atoms with Gasteiger partial charge in [-0.2, -0.15) is 0 Å². The summed E-state index contributed by atoms with van der Waals surface area (Å²) in [6.45, 7) is 6.42. The number of hydrogen-bond acceptors (Lipinski definition) is 2. The van der Waals surface area contributed by atoms with Crippen molar-refractivity contribution in [2.24, 2.45) is 4.99 Å². The van der Waals surface area contributed by atoms with Crippen LogP contribution in [0.1, 0.15) is 19.4 Å². The number of hydrogen-bond donors (Lipinski definition) is 0. The highest BCUT2D eigenvalue weighted by Gasteiger charge is 2.00. The number of anilines is 1. The molecule has 98 valence electrons. The van der Waals surface area contributed by atoms with Gasteiger partial charge >= 0.3 is 0 Å². The second kappa shape index (κ2) is 6.74. The number of para-hydroxylation sites is 1. The van der Waals surface area contributed by atoms with Crippen LogP contribution in [0.25, 0.3) is 0 Å². The number of aliphatic imine (C=N–C) groups is 1. The molecule has 2 aromatic carbocycles. The highest BCUT2D eigenvalue weighted by molar-refractivity contribution is 5.82. The fourth-order valence-corrected chi connectivity index (χ4v) is 2.02. The molecule has 0 N–H and O–H groups in total. The molecule has 0 spiro atoms. The van der Waals surface area contributed by atoms with Crippen molar-refractivity contribution < 1.29 is 0 Å². The topological polar surface area (TPSA) is 15.6 Å². The van der Waals surface area contributed by atoms with Gasteiger partial charge in [0, 0.05) is 25.0 Å². The maximum Gasteiger partial charge on any atom is 0.0629 e. The highest BCUT2D eigenvalue weighted by atomic mass is 15.1. The molecule has 0 radical (unpaired) electrons. The summed E-state index contributed by atoms with van der Waals surface area (Å²) >= 11 is 0. The van der Waals surface area contributed by atoms with Crippen molar-refractivity contribution in [3.05, 3.63) is 60.2 Å². The molecule has 0 fully saturated rings. The fourth-order valence-electron chi connectivity index (χ4n) is 2.02. The van der Waals surface area contributed by atoms with Crippen molar-refractivity contribution in [2.75, 3.05) is 18.0 Å². The Kier molecular flexibility index (Phi) is 4.73. The molecule has 2 aromatic rings. The second-order valence-electron chi connectivity index (χ2n) is 4.36. The quantitative estimate of drug-likeness (QED) is 0.725. The smallest absolute Gasteiger partial charge is 0.0629 e. The van der Waals surface area contributed by atoms with Crippen LogP contribution in [-0.4, -0.2) is 19.3 Å². The maximum absolute atomic E-state index is 4.45. The molecule has 19 heavy (non-hydrogen) atoms. The van der Waals surface area contributed by atoms with E-state index in [1.165, 1.54) is 5.69 Å². The number of nitrogens with zero attached hydrogens (tertiary/aromatic N) is 2. The minimum atomic E-state index is 0.982. The van der Waals surface area contributed by atoms with Crippen molar-refractivity contribution in [2.45, 2.75) is 13.8 Å². The lowest BCUT2D eigenvalue weighted by Gasteiger charge is -2.20. The molecule has 0 unspecified atom stereocenters. The Morgan fingerprint density at radius 3 is 2.11 bits per heavy atom. The first-order chi connectivity index (χ1) is 9.33. The Labute approximate surface area is 115 Å². The zero-order chi connectivity index (χ0) is 13.5. The first-order valence-corrected chi connectivity index (χ1v) is 6.77. The van der Waals surface area contributed by atoms with Crippen molar-refractivity contribution in [3.8, 4) is 0 Å². The van der Waals surface area contributed by atoms with Gasteiger partial charge in [-0.25, -0.2) is 0 Å². The van der Waals surface area contributed by atoms with Gasteiger partial charge in [0.25, 0.3) is 0 Å². The second-order valence-corrected chi connectivity index (χ2v) is 4.36. The van der Waals surface area contributed by atoms with E-state index in [-0.39, 0.29) is 0 Å². The monoisotopic (exact) mass is 252 g/mol. The molecule has 0 aromatic heterocycles. The molecule has 0 bridgehead atoms. The molecule has 2 heteroatoms. The third-order valence-corrected chi connectivity index (χ3v) is 3.14. The maximum atomic E-state index is 4.45. The Hall–Kier alpha value is -2.09. The van der Waals surface area contributed by atoms with E-state index in [2.05, 4.69) is 48.0 Å². The predicted molar refractivity (Wildman–Crippen MR) is 83.7 cm³/mol. The lowest BCUT2D eigenvalue weighted by atomic mass is 10.2. The molecule has 0 aliphatic rings. The van der Waals surface area contributed by atoms with Crippen LogP contribution in [0.5, 0.6) is 0 Å². The molecule has 0 aliphatic heterocycles. The standard InChI is InChI=1S/C17H20N2/c1-3-19(4-2)17-12-10-15(11-13-17)14-18-16-8-6-5-7-9-16/h5-14H,3-4H2,1-2H3. The average Bonchev–Trinajstić information content (AvgIpc) is 2.49. The summed E-state index contributed by atoms with van der Waals surface area (Å²) in [6, 6.07) is 18.5.